The topological polar surface area (TPSA) is 41.6 Å². The van der Waals surface area contributed by atoms with Crippen LogP contribution in [0.25, 0.3) is 0 Å². The highest BCUT2D eigenvalue weighted by molar-refractivity contribution is 5.81. The van der Waals surface area contributed by atoms with Crippen LogP contribution in [0.15, 0.2) is 12.1 Å². The summed E-state index contributed by atoms with van der Waals surface area (Å²) < 4.78 is 5.39. The quantitative estimate of drug-likeness (QED) is 0.875. The van der Waals surface area contributed by atoms with E-state index in [1.54, 1.807) is 7.11 Å². The first-order valence-corrected chi connectivity index (χ1v) is 7.57. The van der Waals surface area contributed by atoms with Crippen molar-refractivity contribution in [1.82, 2.24) is 10.2 Å². The summed E-state index contributed by atoms with van der Waals surface area (Å²) in [7, 11) is 3.69. The number of aryl methyl sites for hydroxylation is 2. The van der Waals surface area contributed by atoms with Crippen LogP contribution >= 0.6 is 0 Å². The van der Waals surface area contributed by atoms with Gasteiger partial charge in [-0.3, -0.25) is 9.69 Å². The van der Waals surface area contributed by atoms with Gasteiger partial charge in [-0.2, -0.15) is 0 Å². The first-order chi connectivity index (χ1) is 9.92. The summed E-state index contributed by atoms with van der Waals surface area (Å²) in [6, 6.07) is 4.56. The molecule has 1 fully saturated rings. The van der Waals surface area contributed by atoms with Gasteiger partial charge in [0.2, 0.25) is 5.91 Å². The molecule has 0 bridgehead atoms. The number of amides is 1. The number of carbonyl (C=O) groups excluding carboxylic acids is 1. The summed E-state index contributed by atoms with van der Waals surface area (Å²) in [5.74, 6) is 1.07. The third-order valence-corrected chi connectivity index (χ3v) is 4.12. The zero-order valence-electron chi connectivity index (χ0n) is 13.7. The molecular formula is C17H26N2O2. The fourth-order valence-corrected chi connectivity index (χ4v) is 2.63. The third kappa shape index (κ3) is 3.97. The van der Waals surface area contributed by atoms with E-state index >= 15 is 0 Å². The Morgan fingerprint density at radius 2 is 1.95 bits per heavy atom. The highest BCUT2D eigenvalue weighted by atomic mass is 16.5. The van der Waals surface area contributed by atoms with Gasteiger partial charge in [0, 0.05) is 12.6 Å². The Bertz CT molecular complexity index is 501. The van der Waals surface area contributed by atoms with Crippen molar-refractivity contribution in [3.05, 3.63) is 28.8 Å². The third-order valence-electron chi connectivity index (χ3n) is 4.12. The van der Waals surface area contributed by atoms with Crippen molar-refractivity contribution in [1.29, 1.82) is 0 Å². The van der Waals surface area contributed by atoms with Crippen molar-refractivity contribution in [3.8, 4) is 5.75 Å². The maximum Gasteiger partial charge on any atom is 0.237 e. The largest absolute Gasteiger partial charge is 0.496 e. The average molecular weight is 290 g/mol. The van der Waals surface area contributed by atoms with Gasteiger partial charge in [-0.15, -0.1) is 0 Å². The number of methoxy groups -OCH3 is 1. The molecular weight excluding hydrogens is 264 g/mol. The fraction of sp³-hybridized carbons (Fsp3) is 0.588. The normalized spacial score (nSPS) is 15.9. The van der Waals surface area contributed by atoms with Crippen LogP contribution < -0.4 is 10.1 Å². The van der Waals surface area contributed by atoms with Gasteiger partial charge < -0.3 is 10.1 Å². The van der Waals surface area contributed by atoms with Gasteiger partial charge in [-0.1, -0.05) is 12.1 Å². The monoisotopic (exact) mass is 290 g/mol. The molecule has 1 N–H and O–H groups in total. The zero-order valence-corrected chi connectivity index (χ0v) is 13.7. The first-order valence-electron chi connectivity index (χ1n) is 7.57. The second kappa shape index (κ2) is 6.48. The number of hydrogen-bond donors (Lipinski definition) is 1. The highest BCUT2D eigenvalue weighted by Crippen LogP contribution is 2.25. The number of nitrogens with one attached hydrogen (secondary N) is 1. The van der Waals surface area contributed by atoms with Crippen molar-refractivity contribution in [2.24, 2.45) is 0 Å². The molecule has 1 aromatic carbocycles. The molecule has 0 unspecified atom stereocenters. The van der Waals surface area contributed by atoms with E-state index in [2.05, 4.69) is 36.2 Å². The van der Waals surface area contributed by atoms with E-state index in [0.29, 0.717) is 6.04 Å². The van der Waals surface area contributed by atoms with Crippen LogP contribution in [0.5, 0.6) is 5.75 Å². The molecule has 4 heteroatoms. The molecule has 0 spiro atoms. The molecule has 0 heterocycles. The molecule has 1 aliphatic rings. The lowest BCUT2D eigenvalue weighted by molar-refractivity contribution is -0.125. The van der Waals surface area contributed by atoms with E-state index in [-0.39, 0.29) is 11.9 Å². The van der Waals surface area contributed by atoms with E-state index in [4.69, 9.17) is 4.74 Å². The van der Waals surface area contributed by atoms with Gasteiger partial charge in [0.1, 0.15) is 5.75 Å². The van der Waals surface area contributed by atoms with E-state index < -0.39 is 0 Å². The molecule has 2 rings (SSSR count). The maximum atomic E-state index is 12.1. The Balaban J connectivity index is 2.01. The Hall–Kier alpha value is -1.55. The molecule has 116 valence electrons. The van der Waals surface area contributed by atoms with Gasteiger partial charge in [-0.25, -0.2) is 0 Å². The van der Waals surface area contributed by atoms with Crippen molar-refractivity contribution in [2.45, 2.75) is 52.2 Å². The highest BCUT2D eigenvalue weighted by Gasteiger charge is 2.27. The lowest BCUT2D eigenvalue weighted by atomic mass is 10.0. The summed E-state index contributed by atoms with van der Waals surface area (Å²) in [6.07, 6.45) is 2.25. The molecule has 0 saturated heterocycles. The number of nitrogens with zero attached hydrogens (tertiary/aromatic N) is 1. The number of carbonyl (C=O) groups is 1. The summed E-state index contributed by atoms with van der Waals surface area (Å²) in [5.41, 5.74) is 3.48. The molecule has 0 radical (unpaired) electrons. The predicted molar refractivity (Wildman–Crippen MR) is 84.6 cm³/mol. The smallest absolute Gasteiger partial charge is 0.237 e. The number of likely N-dealkylation sites (N-methyl/N-ethyl adjacent to an activating group) is 1. The van der Waals surface area contributed by atoms with Crippen LogP contribution in [-0.4, -0.2) is 37.0 Å². The van der Waals surface area contributed by atoms with Gasteiger partial charge >= 0.3 is 0 Å². The number of benzene rings is 1. The van der Waals surface area contributed by atoms with E-state index in [1.807, 2.05) is 14.0 Å². The lowest BCUT2D eigenvalue weighted by Gasteiger charge is -2.24. The standard InChI is InChI=1S/C17H26N2O2/c1-11-8-14(9-12(2)16(11)21-5)10-19(4)13(3)17(20)18-15-6-7-15/h8-9,13,15H,6-7,10H2,1-5H3,(H,18,20)/t13-/m0/s1. The minimum Gasteiger partial charge on any atom is -0.496 e. The minimum absolute atomic E-state index is 0.117. The van der Waals surface area contributed by atoms with Gasteiger partial charge in [0.05, 0.1) is 13.2 Å². The van der Waals surface area contributed by atoms with Gasteiger partial charge in [0.15, 0.2) is 0 Å². The lowest BCUT2D eigenvalue weighted by Crippen LogP contribution is -2.43. The van der Waals surface area contributed by atoms with Crippen molar-refractivity contribution >= 4 is 5.91 Å². The van der Waals surface area contributed by atoms with Crippen LogP contribution in [0.4, 0.5) is 0 Å². The summed E-state index contributed by atoms with van der Waals surface area (Å²) in [4.78, 5) is 14.2. The van der Waals surface area contributed by atoms with Gasteiger partial charge in [-0.05, 0) is 57.4 Å². The Labute approximate surface area is 127 Å². The van der Waals surface area contributed by atoms with Crippen LogP contribution in [0.3, 0.4) is 0 Å². The number of rotatable bonds is 6. The molecule has 1 saturated carbocycles. The predicted octanol–water partition coefficient (Wildman–Crippen LogP) is 2.41. The SMILES string of the molecule is COc1c(C)cc(CN(C)[C@@H](C)C(=O)NC2CC2)cc1C. The molecule has 1 atom stereocenters. The van der Waals surface area contributed by atoms with E-state index in [9.17, 15) is 4.79 Å². The fourth-order valence-electron chi connectivity index (χ4n) is 2.63. The zero-order chi connectivity index (χ0) is 15.6. The molecule has 0 aromatic heterocycles. The maximum absolute atomic E-state index is 12.1. The first kappa shape index (κ1) is 15.8. The second-order valence-electron chi connectivity index (χ2n) is 6.14. The van der Waals surface area contributed by atoms with Crippen LogP contribution in [-0.2, 0) is 11.3 Å². The summed E-state index contributed by atoms with van der Waals surface area (Å²) >= 11 is 0. The molecule has 0 aliphatic heterocycles. The second-order valence-corrected chi connectivity index (χ2v) is 6.14. The number of hydrogen-bond acceptors (Lipinski definition) is 3. The Morgan fingerprint density at radius 1 is 1.38 bits per heavy atom. The van der Waals surface area contributed by atoms with Crippen molar-refractivity contribution in [3.63, 3.8) is 0 Å². The minimum atomic E-state index is -0.117. The van der Waals surface area contributed by atoms with Gasteiger partial charge in [0.25, 0.3) is 0 Å². The Morgan fingerprint density at radius 3 is 2.43 bits per heavy atom. The molecule has 1 aliphatic carbocycles. The van der Waals surface area contributed by atoms with E-state index in [0.717, 1.165) is 36.3 Å². The van der Waals surface area contributed by atoms with Crippen molar-refractivity contribution < 1.29 is 9.53 Å². The molecule has 4 nitrogen and oxygen atoms in total. The number of ether oxygens (including phenoxy) is 1. The van der Waals surface area contributed by atoms with Crippen LogP contribution in [0.1, 0.15) is 36.5 Å². The molecule has 1 amide bonds. The van der Waals surface area contributed by atoms with Crippen LogP contribution in [0, 0.1) is 13.8 Å². The van der Waals surface area contributed by atoms with Crippen molar-refractivity contribution in [2.75, 3.05) is 14.2 Å². The summed E-state index contributed by atoms with van der Waals surface area (Å²) in [6.45, 7) is 6.82. The Kier molecular flexibility index (Phi) is 4.88. The molecule has 1 aromatic rings. The van der Waals surface area contributed by atoms with E-state index in [1.165, 1.54) is 5.56 Å². The average Bonchev–Trinajstić information content (AvgIpc) is 3.21. The van der Waals surface area contributed by atoms with Crippen LogP contribution in [0.2, 0.25) is 0 Å². The summed E-state index contributed by atoms with van der Waals surface area (Å²) in [5, 5.41) is 3.06. The molecule has 21 heavy (non-hydrogen) atoms.